The molecule has 80 valence electrons. The monoisotopic (exact) mass is 241 g/mol. The number of fused-ring (bicyclic) bond motifs is 1. The van der Waals surface area contributed by atoms with Gasteiger partial charge in [-0.2, -0.15) is 0 Å². The average Bonchev–Trinajstić information content (AvgIpc) is 2.97. The molecule has 1 unspecified atom stereocenters. The molecule has 2 N–H and O–H groups in total. The number of anilines is 1. The highest BCUT2D eigenvalue weighted by Gasteiger charge is 2.35. The number of thiophene rings is 1. The van der Waals surface area contributed by atoms with Crippen LogP contribution in [0, 0.1) is 5.92 Å². The van der Waals surface area contributed by atoms with Gasteiger partial charge >= 0.3 is 5.97 Å². The molecule has 1 saturated carbocycles. The van der Waals surface area contributed by atoms with Crippen molar-refractivity contribution in [2.24, 2.45) is 5.92 Å². The number of thioether (sulfide) groups is 1. The predicted octanol–water partition coefficient (Wildman–Crippen LogP) is 2.74. The zero-order chi connectivity index (χ0) is 10.4. The van der Waals surface area contributed by atoms with Crippen molar-refractivity contribution >= 4 is 34.8 Å². The number of aromatic carboxylic acids is 1. The smallest absolute Gasteiger partial charge is 0.348 e. The third kappa shape index (κ3) is 1.63. The zero-order valence-electron chi connectivity index (χ0n) is 8.03. The Hall–Kier alpha value is -0.680. The summed E-state index contributed by atoms with van der Waals surface area (Å²) in [5.74, 6) is 0.0306. The molecule has 0 spiro atoms. The number of hydrogen-bond donors (Lipinski definition) is 2. The van der Waals surface area contributed by atoms with E-state index in [9.17, 15) is 4.79 Å². The molecule has 0 saturated heterocycles. The number of hydrogen-bond acceptors (Lipinski definition) is 4. The lowest BCUT2D eigenvalue weighted by molar-refractivity contribution is 0.0703. The van der Waals surface area contributed by atoms with Gasteiger partial charge in [0, 0.05) is 22.1 Å². The fraction of sp³-hybridized carbons (Fsp3) is 0.500. The van der Waals surface area contributed by atoms with Crippen molar-refractivity contribution in [2.45, 2.75) is 23.0 Å². The fourth-order valence-electron chi connectivity index (χ4n) is 1.89. The van der Waals surface area contributed by atoms with E-state index in [4.69, 9.17) is 5.11 Å². The first-order valence-electron chi connectivity index (χ1n) is 5.01. The average molecular weight is 241 g/mol. The van der Waals surface area contributed by atoms with Gasteiger partial charge < -0.3 is 10.4 Å². The van der Waals surface area contributed by atoms with E-state index >= 15 is 0 Å². The molecular formula is C10H11NO2S2. The lowest BCUT2D eigenvalue weighted by Crippen LogP contribution is -2.23. The van der Waals surface area contributed by atoms with Crippen LogP contribution in [-0.4, -0.2) is 22.9 Å². The summed E-state index contributed by atoms with van der Waals surface area (Å²) >= 11 is 3.18. The Morgan fingerprint density at radius 2 is 2.33 bits per heavy atom. The predicted molar refractivity (Wildman–Crippen MR) is 62.1 cm³/mol. The Kier molecular flexibility index (Phi) is 2.17. The molecule has 1 aromatic rings. The summed E-state index contributed by atoms with van der Waals surface area (Å²) in [5, 5.41) is 14.9. The molecule has 3 nitrogen and oxygen atoms in total. The van der Waals surface area contributed by atoms with E-state index in [2.05, 4.69) is 5.32 Å². The summed E-state index contributed by atoms with van der Waals surface area (Å²) in [6.07, 6.45) is 2.68. The van der Waals surface area contributed by atoms with Gasteiger partial charge in [0.25, 0.3) is 0 Å². The van der Waals surface area contributed by atoms with Crippen molar-refractivity contribution in [1.82, 2.24) is 0 Å². The molecule has 15 heavy (non-hydrogen) atoms. The van der Waals surface area contributed by atoms with Gasteiger partial charge in [0.2, 0.25) is 0 Å². The summed E-state index contributed by atoms with van der Waals surface area (Å²) in [5.41, 5.74) is 0.842. The minimum Gasteiger partial charge on any atom is -0.477 e. The molecule has 0 aromatic carbocycles. The quantitative estimate of drug-likeness (QED) is 0.836. The van der Waals surface area contributed by atoms with Crippen molar-refractivity contribution in [3.8, 4) is 0 Å². The summed E-state index contributed by atoms with van der Waals surface area (Å²) < 4.78 is 0. The Morgan fingerprint density at radius 3 is 3.00 bits per heavy atom. The Bertz CT molecular complexity index is 412. The van der Waals surface area contributed by atoms with Crippen LogP contribution in [0.25, 0.3) is 0 Å². The van der Waals surface area contributed by atoms with Gasteiger partial charge in [-0.1, -0.05) is 0 Å². The third-order valence-electron chi connectivity index (χ3n) is 2.86. The van der Waals surface area contributed by atoms with E-state index in [0.717, 1.165) is 23.0 Å². The van der Waals surface area contributed by atoms with Crippen LogP contribution < -0.4 is 5.32 Å². The molecule has 0 radical (unpaired) electrons. The second kappa shape index (κ2) is 3.42. The SMILES string of the molecule is O=C(O)c1scc2c1NCC(C1CC1)S2. The maximum Gasteiger partial charge on any atom is 0.348 e. The van der Waals surface area contributed by atoms with Crippen molar-refractivity contribution in [3.63, 3.8) is 0 Å². The van der Waals surface area contributed by atoms with E-state index in [1.165, 1.54) is 24.2 Å². The Morgan fingerprint density at radius 1 is 1.53 bits per heavy atom. The van der Waals surface area contributed by atoms with Gasteiger partial charge in [-0.15, -0.1) is 23.1 Å². The molecule has 2 aliphatic rings. The Balaban J connectivity index is 1.87. The number of rotatable bonds is 2. The second-order valence-corrected chi connectivity index (χ2v) is 6.14. The summed E-state index contributed by atoms with van der Waals surface area (Å²) in [6.45, 7) is 0.916. The fourth-order valence-corrected chi connectivity index (χ4v) is 4.32. The number of nitrogens with one attached hydrogen (secondary N) is 1. The van der Waals surface area contributed by atoms with Gasteiger partial charge in [0.1, 0.15) is 4.88 Å². The topological polar surface area (TPSA) is 49.3 Å². The van der Waals surface area contributed by atoms with Crippen LogP contribution in [0.1, 0.15) is 22.5 Å². The molecule has 1 aliphatic carbocycles. The van der Waals surface area contributed by atoms with Gasteiger partial charge in [-0.3, -0.25) is 0 Å². The number of carboxylic acid groups (broad SMARTS) is 1. The van der Waals surface area contributed by atoms with E-state index in [0.29, 0.717) is 10.1 Å². The lowest BCUT2D eigenvalue weighted by Gasteiger charge is -2.23. The van der Waals surface area contributed by atoms with Crippen LogP contribution >= 0.6 is 23.1 Å². The highest BCUT2D eigenvalue weighted by Crippen LogP contribution is 2.48. The molecule has 0 amide bonds. The first-order chi connectivity index (χ1) is 7.25. The largest absolute Gasteiger partial charge is 0.477 e. The molecule has 3 rings (SSSR count). The maximum atomic E-state index is 10.9. The molecule has 0 bridgehead atoms. The molecule has 1 aromatic heterocycles. The van der Waals surface area contributed by atoms with Crippen molar-refractivity contribution in [2.75, 3.05) is 11.9 Å². The minimum atomic E-state index is -0.820. The number of carbonyl (C=O) groups is 1. The van der Waals surface area contributed by atoms with Crippen LogP contribution in [0.15, 0.2) is 10.3 Å². The maximum absolute atomic E-state index is 10.9. The van der Waals surface area contributed by atoms with Crippen LogP contribution in [0.5, 0.6) is 0 Å². The molecular weight excluding hydrogens is 230 g/mol. The van der Waals surface area contributed by atoms with Crippen molar-refractivity contribution in [1.29, 1.82) is 0 Å². The van der Waals surface area contributed by atoms with E-state index in [1.54, 1.807) is 0 Å². The van der Waals surface area contributed by atoms with E-state index in [1.807, 2.05) is 17.1 Å². The van der Waals surface area contributed by atoms with Gasteiger partial charge in [-0.25, -0.2) is 4.79 Å². The highest BCUT2D eigenvalue weighted by molar-refractivity contribution is 8.00. The first kappa shape index (κ1) is 9.54. The third-order valence-corrected chi connectivity index (χ3v) is 5.41. The molecule has 2 heterocycles. The minimum absolute atomic E-state index is 0.451. The summed E-state index contributed by atoms with van der Waals surface area (Å²) in [6, 6.07) is 0. The van der Waals surface area contributed by atoms with Gasteiger partial charge in [0.15, 0.2) is 0 Å². The molecule has 1 atom stereocenters. The van der Waals surface area contributed by atoms with Crippen LogP contribution in [0.3, 0.4) is 0 Å². The van der Waals surface area contributed by atoms with Crippen LogP contribution in [-0.2, 0) is 0 Å². The summed E-state index contributed by atoms with van der Waals surface area (Å²) in [4.78, 5) is 12.5. The summed E-state index contributed by atoms with van der Waals surface area (Å²) in [7, 11) is 0. The zero-order valence-corrected chi connectivity index (χ0v) is 9.66. The van der Waals surface area contributed by atoms with Gasteiger partial charge in [0.05, 0.1) is 5.69 Å². The number of carboxylic acids is 1. The van der Waals surface area contributed by atoms with Crippen LogP contribution in [0.2, 0.25) is 0 Å². The van der Waals surface area contributed by atoms with Crippen molar-refractivity contribution in [3.05, 3.63) is 10.3 Å². The second-order valence-electron chi connectivity index (χ2n) is 3.98. The normalized spacial score (nSPS) is 24.4. The first-order valence-corrected chi connectivity index (χ1v) is 6.77. The van der Waals surface area contributed by atoms with E-state index in [-0.39, 0.29) is 0 Å². The van der Waals surface area contributed by atoms with Crippen molar-refractivity contribution < 1.29 is 9.90 Å². The van der Waals surface area contributed by atoms with Crippen LogP contribution in [0.4, 0.5) is 5.69 Å². The standard InChI is InChI=1S/C10H11NO2S2/c12-10(13)9-8-7(4-14-9)15-6(3-11-8)5-1-2-5/h4-6,11H,1-3H2,(H,12,13). The Labute approximate surface area is 95.9 Å². The molecule has 1 fully saturated rings. The van der Waals surface area contributed by atoms with E-state index < -0.39 is 5.97 Å². The van der Waals surface area contributed by atoms with Gasteiger partial charge in [-0.05, 0) is 18.8 Å². The lowest BCUT2D eigenvalue weighted by atomic mass is 10.2. The molecule has 5 heteroatoms. The highest BCUT2D eigenvalue weighted by atomic mass is 32.2. The molecule has 1 aliphatic heterocycles.